The SMILES string of the molecule is COC(=O)c1ccc(COc2ccc(-c3cc(CC(N)=O)on3)cc2)o1. The lowest BCUT2D eigenvalue weighted by atomic mass is 10.1. The van der Waals surface area contributed by atoms with E-state index >= 15 is 0 Å². The van der Waals surface area contributed by atoms with Gasteiger partial charge in [-0.2, -0.15) is 0 Å². The van der Waals surface area contributed by atoms with E-state index in [1.54, 1.807) is 24.3 Å². The van der Waals surface area contributed by atoms with Crippen LogP contribution in [0.5, 0.6) is 5.75 Å². The molecule has 0 spiro atoms. The Morgan fingerprint density at radius 1 is 1.12 bits per heavy atom. The molecule has 0 unspecified atom stereocenters. The van der Waals surface area contributed by atoms with E-state index in [9.17, 15) is 9.59 Å². The highest BCUT2D eigenvalue weighted by Crippen LogP contribution is 2.23. The number of nitrogens with two attached hydrogens (primary N) is 1. The number of methoxy groups -OCH3 is 1. The number of aromatic nitrogens is 1. The Kier molecular flexibility index (Phi) is 5.02. The van der Waals surface area contributed by atoms with E-state index in [2.05, 4.69) is 9.89 Å². The topological polar surface area (TPSA) is 118 Å². The molecule has 0 aliphatic carbocycles. The second-order valence-electron chi connectivity index (χ2n) is 5.39. The van der Waals surface area contributed by atoms with Crippen LogP contribution in [0.25, 0.3) is 11.3 Å². The standard InChI is InChI=1S/C18H16N2O6/c1-23-18(22)16-7-6-13(25-16)10-24-12-4-2-11(3-5-12)15-8-14(26-20-15)9-17(19)21/h2-8H,9-10H2,1H3,(H2,19,21). The average molecular weight is 356 g/mol. The zero-order valence-corrected chi connectivity index (χ0v) is 13.9. The van der Waals surface area contributed by atoms with E-state index in [1.807, 2.05) is 12.1 Å². The van der Waals surface area contributed by atoms with Gasteiger partial charge >= 0.3 is 5.97 Å². The number of primary amides is 1. The van der Waals surface area contributed by atoms with Gasteiger partial charge in [0, 0.05) is 11.6 Å². The van der Waals surface area contributed by atoms with Gasteiger partial charge in [0.15, 0.2) is 0 Å². The lowest BCUT2D eigenvalue weighted by Crippen LogP contribution is -2.12. The molecule has 0 saturated carbocycles. The highest BCUT2D eigenvalue weighted by molar-refractivity contribution is 5.86. The minimum Gasteiger partial charge on any atom is -0.486 e. The molecular weight excluding hydrogens is 340 g/mol. The van der Waals surface area contributed by atoms with Crippen molar-refractivity contribution in [3.05, 3.63) is 59.7 Å². The van der Waals surface area contributed by atoms with Crippen LogP contribution in [0.4, 0.5) is 0 Å². The second-order valence-corrected chi connectivity index (χ2v) is 5.39. The molecule has 8 heteroatoms. The largest absolute Gasteiger partial charge is 0.486 e. The first-order chi connectivity index (χ1) is 12.5. The van der Waals surface area contributed by atoms with Gasteiger partial charge in [0.2, 0.25) is 11.7 Å². The van der Waals surface area contributed by atoms with Crippen LogP contribution >= 0.6 is 0 Å². The average Bonchev–Trinajstić information content (AvgIpc) is 3.29. The molecule has 3 aromatic rings. The van der Waals surface area contributed by atoms with E-state index in [-0.39, 0.29) is 18.8 Å². The Bertz CT molecular complexity index is 910. The quantitative estimate of drug-likeness (QED) is 0.645. The highest BCUT2D eigenvalue weighted by atomic mass is 16.5. The fourth-order valence-electron chi connectivity index (χ4n) is 2.25. The molecule has 0 atom stereocenters. The molecule has 0 aliphatic rings. The van der Waals surface area contributed by atoms with Gasteiger partial charge in [0.25, 0.3) is 0 Å². The number of benzene rings is 1. The maximum atomic E-state index is 11.3. The molecule has 0 radical (unpaired) electrons. The van der Waals surface area contributed by atoms with Gasteiger partial charge in [-0.3, -0.25) is 4.79 Å². The zero-order valence-electron chi connectivity index (χ0n) is 13.9. The number of hydrogen-bond donors (Lipinski definition) is 1. The lowest BCUT2D eigenvalue weighted by Gasteiger charge is -2.04. The second kappa shape index (κ2) is 7.56. The summed E-state index contributed by atoms with van der Waals surface area (Å²) in [5, 5.41) is 3.91. The van der Waals surface area contributed by atoms with Crippen molar-refractivity contribution in [1.29, 1.82) is 0 Å². The Hall–Kier alpha value is -3.55. The van der Waals surface area contributed by atoms with Crippen molar-refractivity contribution in [2.24, 2.45) is 5.73 Å². The third-order valence-corrected chi connectivity index (χ3v) is 3.49. The maximum absolute atomic E-state index is 11.3. The number of furan rings is 1. The van der Waals surface area contributed by atoms with Crippen molar-refractivity contribution in [3.63, 3.8) is 0 Å². The number of carbonyl (C=O) groups is 2. The molecule has 26 heavy (non-hydrogen) atoms. The summed E-state index contributed by atoms with van der Waals surface area (Å²) in [6, 6.07) is 12.0. The predicted octanol–water partition coefficient (Wildman–Crippen LogP) is 2.33. The number of nitrogens with zero attached hydrogens (tertiary/aromatic N) is 1. The van der Waals surface area contributed by atoms with E-state index in [0.717, 1.165) is 5.56 Å². The van der Waals surface area contributed by atoms with Gasteiger partial charge < -0.3 is 24.1 Å². The summed E-state index contributed by atoms with van der Waals surface area (Å²) in [5.41, 5.74) is 6.53. The van der Waals surface area contributed by atoms with Gasteiger partial charge in [-0.05, 0) is 36.4 Å². The van der Waals surface area contributed by atoms with Crippen LogP contribution in [-0.4, -0.2) is 24.1 Å². The Balaban J connectivity index is 1.61. The van der Waals surface area contributed by atoms with E-state index in [0.29, 0.717) is 23.0 Å². The first-order valence-electron chi connectivity index (χ1n) is 7.69. The van der Waals surface area contributed by atoms with Crippen molar-refractivity contribution in [1.82, 2.24) is 5.16 Å². The molecular formula is C18H16N2O6. The number of carbonyl (C=O) groups excluding carboxylic acids is 2. The summed E-state index contributed by atoms with van der Waals surface area (Å²) < 4.78 is 20.6. The molecule has 0 aliphatic heterocycles. The van der Waals surface area contributed by atoms with Crippen LogP contribution in [-0.2, 0) is 22.6 Å². The molecule has 1 amide bonds. The van der Waals surface area contributed by atoms with Crippen molar-refractivity contribution in [2.75, 3.05) is 7.11 Å². The van der Waals surface area contributed by atoms with Gasteiger partial charge in [-0.25, -0.2) is 4.79 Å². The van der Waals surface area contributed by atoms with Gasteiger partial charge in [0.05, 0.1) is 13.5 Å². The Morgan fingerprint density at radius 2 is 1.88 bits per heavy atom. The van der Waals surface area contributed by atoms with E-state index < -0.39 is 11.9 Å². The molecule has 2 N–H and O–H groups in total. The van der Waals surface area contributed by atoms with Crippen LogP contribution in [0, 0.1) is 0 Å². The van der Waals surface area contributed by atoms with Crippen LogP contribution in [0.3, 0.4) is 0 Å². The van der Waals surface area contributed by atoms with Gasteiger partial charge in [-0.1, -0.05) is 5.16 Å². The van der Waals surface area contributed by atoms with Crippen molar-refractivity contribution in [3.8, 4) is 17.0 Å². The number of rotatable bonds is 7. The summed E-state index contributed by atoms with van der Waals surface area (Å²) in [6.07, 6.45) is 0.00487. The highest BCUT2D eigenvalue weighted by Gasteiger charge is 2.12. The van der Waals surface area contributed by atoms with Gasteiger partial charge in [-0.15, -0.1) is 0 Å². The molecule has 1 aromatic carbocycles. The number of ether oxygens (including phenoxy) is 2. The summed E-state index contributed by atoms with van der Waals surface area (Å²) in [7, 11) is 1.29. The molecule has 2 heterocycles. The normalized spacial score (nSPS) is 10.5. The fraction of sp³-hybridized carbons (Fsp3) is 0.167. The van der Waals surface area contributed by atoms with Crippen molar-refractivity contribution < 1.29 is 28.0 Å². The first-order valence-corrected chi connectivity index (χ1v) is 7.69. The molecule has 8 nitrogen and oxygen atoms in total. The summed E-state index contributed by atoms with van der Waals surface area (Å²) in [6.45, 7) is 0.170. The lowest BCUT2D eigenvalue weighted by molar-refractivity contribution is -0.117. The molecule has 0 fully saturated rings. The third kappa shape index (κ3) is 4.10. The van der Waals surface area contributed by atoms with Crippen molar-refractivity contribution in [2.45, 2.75) is 13.0 Å². The Morgan fingerprint density at radius 3 is 2.58 bits per heavy atom. The minimum absolute atomic E-state index is 0.00487. The van der Waals surface area contributed by atoms with Crippen LogP contribution in [0.2, 0.25) is 0 Å². The van der Waals surface area contributed by atoms with Crippen molar-refractivity contribution >= 4 is 11.9 Å². The monoisotopic (exact) mass is 356 g/mol. The van der Waals surface area contributed by atoms with Crippen LogP contribution in [0.15, 0.2) is 51.4 Å². The summed E-state index contributed by atoms with van der Waals surface area (Å²) in [5.74, 6) is 0.632. The van der Waals surface area contributed by atoms with Crippen LogP contribution < -0.4 is 10.5 Å². The minimum atomic E-state index is -0.538. The smallest absolute Gasteiger partial charge is 0.373 e. The van der Waals surface area contributed by atoms with E-state index in [1.165, 1.54) is 13.2 Å². The third-order valence-electron chi connectivity index (χ3n) is 3.49. The number of amides is 1. The summed E-state index contributed by atoms with van der Waals surface area (Å²) >= 11 is 0. The van der Waals surface area contributed by atoms with Gasteiger partial charge in [0.1, 0.15) is 29.6 Å². The first kappa shape index (κ1) is 17.3. The fourth-order valence-corrected chi connectivity index (χ4v) is 2.25. The Labute approximate surface area is 148 Å². The molecule has 134 valence electrons. The predicted molar refractivity (Wildman–Crippen MR) is 89.2 cm³/mol. The zero-order chi connectivity index (χ0) is 18.5. The molecule has 0 bridgehead atoms. The maximum Gasteiger partial charge on any atom is 0.373 e. The number of hydrogen-bond acceptors (Lipinski definition) is 7. The number of esters is 1. The molecule has 3 rings (SSSR count). The molecule has 2 aromatic heterocycles. The van der Waals surface area contributed by atoms with Crippen LogP contribution in [0.1, 0.15) is 22.1 Å². The van der Waals surface area contributed by atoms with E-state index in [4.69, 9.17) is 19.4 Å². The summed E-state index contributed by atoms with van der Waals surface area (Å²) in [4.78, 5) is 22.2. The molecule has 0 saturated heterocycles.